The van der Waals surface area contributed by atoms with Gasteiger partial charge >= 0.3 is 0 Å². The molecule has 0 radical (unpaired) electrons. The first-order valence-corrected chi connectivity index (χ1v) is 10.1. The first kappa shape index (κ1) is 18.4. The molecule has 4 rings (SSSR count). The van der Waals surface area contributed by atoms with Crippen molar-refractivity contribution < 1.29 is 9.84 Å². The maximum atomic E-state index is 10.5. The summed E-state index contributed by atoms with van der Waals surface area (Å²) >= 11 is 3.61. The van der Waals surface area contributed by atoms with Gasteiger partial charge in [-0.2, -0.15) is 0 Å². The van der Waals surface area contributed by atoms with Crippen molar-refractivity contribution in [3.8, 4) is 11.6 Å². The second-order valence-electron chi connectivity index (χ2n) is 7.61. The summed E-state index contributed by atoms with van der Waals surface area (Å²) in [6.07, 6.45) is 4.24. The number of halogens is 1. The number of ether oxygens (including phenoxy) is 1. The predicted molar refractivity (Wildman–Crippen MR) is 107 cm³/mol. The quantitative estimate of drug-likeness (QED) is 0.578. The van der Waals surface area contributed by atoms with E-state index in [2.05, 4.69) is 45.1 Å². The molecular weight excluding hydrogens is 408 g/mol. The molecule has 0 saturated heterocycles. The van der Waals surface area contributed by atoms with Crippen molar-refractivity contribution in [3.63, 3.8) is 0 Å². The van der Waals surface area contributed by atoms with Crippen LogP contribution in [-0.4, -0.2) is 25.1 Å². The van der Waals surface area contributed by atoms with Crippen LogP contribution in [0.4, 0.5) is 0 Å². The molecule has 0 bridgehead atoms. The van der Waals surface area contributed by atoms with Crippen LogP contribution in [0, 0.1) is 11.8 Å². The molecule has 1 N–H and O–H groups in total. The smallest absolute Gasteiger partial charge is 0.225 e. The summed E-state index contributed by atoms with van der Waals surface area (Å²) in [5.74, 6) is 2.12. The molecule has 0 aliphatic heterocycles. The number of fused-ring (bicyclic) bond motifs is 1. The maximum Gasteiger partial charge on any atom is 0.225 e. The minimum Gasteiger partial charge on any atom is -0.437 e. The number of aliphatic hydroxyl groups is 1. The second-order valence-corrected chi connectivity index (χ2v) is 8.40. The van der Waals surface area contributed by atoms with E-state index in [1.165, 1.54) is 12.8 Å². The molecule has 1 unspecified atom stereocenters. The van der Waals surface area contributed by atoms with Crippen LogP contribution in [0.3, 0.4) is 0 Å². The Morgan fingerprint density at radius 2 is 2.11 bits per heavy atom. The standard InChI is InChI=1S/C20H23BrN4O2/c1-12(2)10-16(26)14-4-3-9-22-20(14)27-17-8-7-15-19(18(17)21)23-24-25(15)11-13-5-6-13/h3-4,7-9,12-13,16,26H,5-6,10-11H2,1-2H3. The zero-order valence-corrected chi connectivity index (χ0v) is 17.1. The molecule has 7 heteroatoms. The molecule has 0 spiro atoms. The van der Waals surface area contributed by atoms with Crippen molar-refractivity contribution in [2.45, 2.75) is 45.8 Å². The Morgan fingerprint density at radius 3 is 2.85 bits per heavy atom. The number of aromatic nitrogens is 4. The topological polar surface area (TPSA) is 73.1 Å². The van der Waals surface area contributed by atoms with E-state index in [-0.39, 0.29) is 0 Å². The summed E-state index contributed by atoms with van der Waals surface area (Å²) in [4.78, 5) is 4.33. The van der Waals surface area contributed by atoms with Gasteiger partial charge in [-0.25, -0.2) is 9.67 Å². The first-order valence-electron chi connectivity index (χ1n) is 9.35. The van der Waals surface area contributed by atoms with Crippen molar-refractivity contribution in [2.24, 2.45) is 11.8 Å². The average molecular weight is 431 g/mol. The van der Waals surface area contributed by atoms with Crippen LogP contribution in [0.5, 0.6) is 11.6 Å². The van der Waals surface area contributed by atoms with Crippen molar-refractivity contribution in [1.29, 1.82) is 0 Å². The molecule has 2 aromatic heterocycles. The third-order valence-corrected chi connectivity index (χ3v) is 5.55. The summed E-state index contributed by atoms with van der Waals surface area (Å²) in [5, 5.41) is 19.1. The fourth-order valence-electron chi connectivity index (χ4n) is 3.16. The Morgan fingerprint density at radius 1 is 1.30 bits per heavy atom. The van der Waals surface area contributed by atoms with Gasteiger partial charge in [0.25, 0.3) is 0 Å². The third kappa shape index (κ3) is 3.99. The molecule has 1 aliphatic rings. The molecule has 1 aliphatic carbocycles. The van der Waals surface area contributed by atoms with Gasteiger partial charge in [-0.05, 0) is 71.3 Å². The molecule has 6 nitrogen and oxygen atoms in total. The highest BCUT2D eigenvalue weighted by Gasteiger charge is 2.24. The molecule has 1 atom stereocenters. The van der Waals surface area contributed by atoms with Crippen molar-refractivity contribution in [2.75, 3.05) is 0 Å². The van der Waals surface area contributed by atoms with Crippen molar-refractivity contribution in [1.82, 2.24) is 20.0 Å². The zero-order valence-electron chi connectivity index (χ0n) is 15.5. The highest BCUT2D eigenvalue weighted by atomic mass is 79.9. The summed E-state index contributed by atoms with van der Waals surface area (Å²) in [7, 11) is 0. The van der Waals surface area contributed by atoms with Crippen LogP contribution in [0.15, 0.2) is 34.9 Å². The van der Waals surface area contributed by atoms with Gasteiger partial charge in [-0.3, -0.25) is 0 Å². The number of nitrogens with zero attached hydrogens (tertiary/aromatic N) is 4. The Kier molecular flexibility index (Phi) is 5.14. The van der Waals surface area contributed by atoms with Crippen LogP contribution in [0.25, 0.3) is 11.0 Å². The van der Waals surface area contributed by atoms with Gasteiger partial charge in [0.1, 0.15) is 11.3 Å². The number of aliphatic hydroxyl groups excluding tert-OH is 1. The van der Waals surface area contributed by atoms with Crippen molar-refractivity contribution >= 4 is 27.0 Å². The molecule has 1 fully saturated rings. The van der Waals surface area contributed by atoms with Gasteiger partial charge < -0.3 is 9.84 Å². The Hall–Kier alpha value is -1.99. The largest absolute Gasteiger partial charge is 0.437 e. The Balaban J connectivity index is 1.63. The van der Waals surface area contributed by atoms with E-state index in [4.69, 9.17) is 4.74 Å². The zero-order chi connectivity index (χ0) is 19.0. The Labute approximate surface area is 166 Å². The fraction of sp³-hybridized carbons (Fsp3) is 0.450. The molecule has 1 aromatic carbocycles. The molecule has 3 aromatic rings. The third-order valence-electron chi connectivity index (χ3n) is 4.78. The van der Waals surface area contributed by atoms with Gasteiger partial charge in [0.05, 0.1) is 16.1 Å². The van der Waals surface area contributed by atoms with Gasteiger partial charge in [-0.1, -0.05) is 19.1 Å². The van der Waals surface area contributed by atoms with E-state index in [9.17, 15) is 5.11 Å². The monoisotopic (exact) mass is 430 g/mol. The SMILES string of the molecule is CC(C)CC(O)c1cccnc1Oc1ccc2c(nnn2CC2CC2)c1Br. The van der Waals surface area contributed by atoms with Crippen LogP contribution >= 0.6 is 15.9 Å². The van der Waals surface area contributed by atoms with E-state index < -0.39 is 6.10 Å². The summed E-state index contributed by atoms with van der Waals surface area (Å²) in [6.45, 7) is 5.07. The predicted octanol–water partition coefficient (Wildman–Crippen LogP) is 4.87. The summed E-state index contributed by atoms with van der Waals surface area (Å²) in [5.41, 5.74) is 2.45. The summed E-state index contributed by atoms with van der Waals surface area (Å²) in [6, 6.07) is 7.54. The lowest BCUT2D eigenvalue weighted by molar-refractivity contribution is 0.147. The second kappa shape index (κ2) is 7.56. The fourth-order valence-corrected chi connectivity index (χ4v) is 3.66. The van der Waals surface area contributed by atoms with Crippen molar-refractivity contribution in [3.05, 3.63) is 40.5 Å². The molecular formula is C20H23BrN4O2. The number of hydrogen-bond donors (Lipinski definition) is 1. The van der Waals surface area contributed by atoms with Gasteiger partial charge in [-0.15, -0.1) is 5.10 Å². The average Bonchev–Trinajstić information content (AvgIpc) is 3.36. The Bertz CT molecular complexity index is 952. The minimum absolute atomic E-state index is 0.373. The van der Waals surface area contributed by atoms with E-state index >= 15 is 0 Å². The normalized spacial score (nSPS) is 15.4. The van der Waals surface area contributed by atoms with Crippen LogP contribution in [-0.2, 0) is 6.54 Å². The van der Waals surface area contributed by atoms with Gasteiger partial charge in [0, 0.05) is 18.3 Å². The lowest BCUT2D eigenvalue weighted by atomic mass is 10.0. The van der Waals surface area contributed by atoms with E-state index in [1.807, 2.05) is 28.9 Å². The van der Waals surface area contributed by atoms with Crippen LogP contribution < -0.4 is 4.74 Å². The molecule has 0 amide bonds. The van der Waals surface area contributed by atoms with Gasteiger partial charge in [0.2, 0.25) is 5.88 Å². The van der Waals surface area contributed by atoms with Crippen LogP contribution in [0.1, 0.15) is 44.8 Å². The van der Waals surface area contributed by atoms with Crippen LogP contribution in [0.2, 0.25) is 0 Å². The number of rotatable bonds is 7. The molecule has 27 heavy (non-hydrogen) atoms. The van der Waals surface area contributed by atoms with E-state index in [1.54, 1.807) is 6.20 Å². The number of benzene rings is 1. The highest BCUT2D eigenvalue weighted by molar-refractivity contribution is 9.10. The minimum atomic E-state index is -0.615. The molecule has 1 saturated carbocycles. The maximum absolute atomic E-state index is 10.5. The molecule has 2 heterocycles. The first-order chi connectivity index (χ1) is 13.0. The van der Waals surface area contributed by atoms with E-state index in [0.717, 1.165) is 28.0 Å². The van der Waals surface area contributed by atoms with E-state index in [0.29, 0.717) is 29.5 Å². The lowest BCUT2D eigenvalue weighted by Crippen LogP contribution is -2.05. The summed E-state index contributed by atoms with van der Waals surface area (Å²) < 4.78 is 8.76. The number of pyridine rings is 1. The highest BCUT2D eigenvalue weighted by Crippen LogP contribution is 2.38. The number of hydrogen-bond acceptors (Lipinski definition) is 5. The molecule has 142 valence electrons. The van der Waals surface area contributed by atoms with Gasteiger partial charge in [0.15, 0.2) is 0 Å². The lowest BCUT2D eigenvalue weighted by Gasteiger charge is -2.17.